The molecule has 0 fully saturated rings. The van der Waals surface area contributed by atoms with E-state index >= 15 is 0 Å². The minimum absolute atomic E-state index is 0.0230. The van der Waals surface area contributed by atoms with Crippen molar-refractivity contribution in [3.8, 4) is 0 Å². The number of hydrogen-bond donors (Lipinski definition) is 3. The molecule has 2 atom stereocenters. The average Bonchev–Trinajstić information content (AvgIpc) is 3.20. The number of ether oxygens (including phenoxy) is 1. The van der Waals surface area contributed by atoms with Crippen LogP contribution in [0.15, 0.2) is 12.2 Å². The van der Waals surface area contributed by atoms with Gasteiger partial charge in [-0.2, -0.15) is 0 Å². The molecule has 0 aromatic heterocycles. The average molecular weight is 792 g/mol. The van der Waals surface area contributed by atoms with E-state index in [0.29, 0.717) is 19.4 Å². The van der Waals surface area contributed by atoms with Crippen molar-refractivity contribution in [1.82, 2.24) is 5.32 Å². The fourth-order valence-electron chi connectivity index (χ4n) is 7.69. The highest BCUT2D eigenvalue weighted by molar-refractivity contribution is 5.76. The Morgan fingerprint density at radius 2 is 0.821 bits per heavy atom. The van der Waals surface area contributed by atoms with Crippen molar-refractivity contribution in [2.24, 2.45) is 0 Å². The third kappa shape index (κ3) is 42.2. The molecule has 3 N–H and O–H groups in total. The lowest BCUT2D eigenvalue weighted by Crippen LogP contribution is -2.45. The van der Waals surface area contributed by atoms with Crippen LogP contribution in [0.2, 0.25) is 0 Å². The van der Waals surface area contributed by atoms with Crippen molar-refractivity contribution >= 4 is 11.9 Å². The van der Waals surface area contributed by atoms with Crippen molar-refractivity contribution < 1.29 is 24.5 Å². The van der Waals surface area contributed by atoms with Gasteiger partial charge in [-0.25, -0.2) is 0 Å². The summed E-state index contributed by atoms with van der Waals surface area (Å²) in [5.74, 6) is -0.119. The summed E-state index contributed by atoms with van der Waals surface area (Å²) in [6, 6.07) is -0.645. The summed E-state index contributed by atoms with van der Waals surface area (Å²) < 4.78 is 5.46. The van der Waals surface area contributed by atoms with E-state index in [1.54, 1.807) is 6.08 Å². The van der Waals surface area contributed by atoms with Crippen molar-refractivity contribution in [2.75, 3.05) is 13.2 Å². The Morgan fingerprint density at radius 1 is 0.482 bits per heavy atom. The zero-order valence-corrected chi connectivity index (χ0v) is 37.6. The highest BCUT2D eigenvalue weighted by atomic mass is 16.5. The quantitative estimate of drug-likeness (QED) is 0.0324. The molecule has 0 aromatic carbocycles. The van der Waals surface area contributed by atoms with Crippen molar-refractivity contribution in [2.45, 2.75) is 283 Å². The minimum Gasteiger partial charge on any atom is -0.466 e. The molecule has 0 saturated carbocycles. The first kappa shape index (κ1) is 54.6. The van der Waals surface area contributed by atoms with Crippen LogP contribution >= 0.6 is 0 Å². The number of carbonyl (C=O) groups excluding carboxylic acids is 2. The van der Waals surface area contributed by atoms with Gasteiger partial charge in [-0.05, 0) is 32.1 Å². The molecule has 0 aliphatic carbocycles. The Balaban J connectivity index is 3.46. The summed E-state index contributed by atoms with van der Waals surface area (Å²) in [6.07, 6.45) is 52.1. The second-order valence-electron chi connectivity index (χ2n) is 17.2. The van der Waals surface area contributed by atoms with E-state index in [4.69, 9.17) is 4.74 Å². The van der Waals surface area contributed by atoms with Crippen LogP contribution in [0.1, 0.15) is 271 Å². The molecule has 2 unspecified atom stereocenters. The SMILES string of the molecule is CCCCCCCCCCC/C=C/C(O)C(CO)NC(=O)CCCCCCCCCCCOC(=O)CCCCCCCCCCCCCCCCCCCCC. The summed E-state index contributed by atoms with van der Waals surface area (Å²) in [7, 11) is 0. The van der Waals surface area contributed by atoms with Crippen molar-refractivity contribution in [1.29, 1.82) is 0 Å². The predicted molar refractivity (Wildman–Crippen MR) is 241 cm³/mol. The van der Waals surface area contributed by atoms with Crippen LogP contribution in [0, 0.1) is 0 Å². The summed E-state index contributed by atoms with van der Waals surface area (Å²) in [6.45, 7) is 4.83. The Bertz CT molecular complexity index is 832. The van der Waals surface area contributed by atoms with E-state index in [2.05, 4.69) is 19.2 Å². The fourth-order valence-corrected chi connectivity index (χ4v) is 7.69. The van der Waals surface area contributed by atoms with E-state index < -0.39 is 12.1 Å². The molecule has 0 aliphatic heterocycles. The van der Waals surface area contributed by atoms with Crippen molar-refractivity contribution in [3.63, 3.8) is 0 Å². The molecule has 0 aromatic rings. The molecule has 0 heterocycles. The Hall–Kier alpha value is -1.40. The minimum atomic E-state index is -0.859. The third-order valence-corrected chi connectivity index (χ3v) is 11.6. The Labute approximate surface area is 349 Å². The molecule has 332 valence electrons. The van der Waals surface area contributed by atoms with E-state index in [1.807, 2.05) is 6.08 Å². The van der Waals surface area contributed by atoms with E-state index in [1.165, 1.54) is 186 Å². The number of unbranched alkanes of at least 4 members (excludes halogenated alkanes) is 35. The maximum Gasteiger partial charge on any atom is 0.305 e. The first-order chi connectivity index (χ1) is 27.5. The predicted octanol–water partition coefficient (Wildman–Crippen LogP) is 14.6. The number of esters is 1. The number of aliphatic hydroxyl groups is 2. The van der Waals surface area contributed by atoms with Gasteiger partial charge >= 0.3 is 5.97 Å². The van der Waals surface area contributed by atoms with Gasteiger partial charge in [0.05, 0.1) is 25.4 Å². The first-order valence-corrected chi connectivity index (χ1v) is 25.0. The molecular weight excluding hydrogens is 695 g/mol. The van der Waals surface area contributed by atoms with E-state index in [0.717, 1.165) is 57.8 Å². The number of nitrogens with one attached hydrogen (secondary N) is 1. The largest absolute Gasteiger partial charge is 0.466 e. The van der Waals surface area contributed by atoms with Gasteiger partial charge in [0.2, 0.25) is 5.91 Å². The monoisotopic (exact) mass is 792 g/mol. The lowest BCUT2D eigenvalue weighted by Gasteiger charge is -2.20. The molecule has 0 bridgehead atoms. The maximum absolute atomic E-state index is 12.4. The number of amides is 1. The lowest BCUT2D eigenvalue weighted by atomic mass is 10.0. The summed E-state index contributed by atoms with van der Waals surface area (Å²) in [5.41, 5.74) is 0. The maximum atomic E-state index is 12.4. The lowest BCUT2D eigenvalue weighted by molar-refractivity contribution is -0.143. The summed E-state index contributed by atoms with van der Waals surface area (Å²) in [4.78, 5) is 24.4. The van der Waals surface area contributed by atoms with Gasteiger partial charge in [-0.3, -0.25) is 9.59 Å². The highest BCUT2D eigenvalue weighted by Gasteiger charge is 2.18. The normalized spacial score (nSPS) is 12.7. The molecule has 0 aliphatic rings. The van der Waals surface area contributed by atoms with Crippen LogP contribution in [0.25, 0.3) is 0 Å². The number of hydrogen-bond acceptors (Lipinski definition) is 5. The van der Waals surface area contributed by atoms with Gasteiger partial charge in [-0.15, -0.1) is 0 Å². The number of allylic oxidation sites excluding steroid dienone is 1. The number of rotatable bonds is 46. The zero-order chi connectivity index (χ0) is 40.8. The fraction of sp³-hybridized carbons (Fsp3) is 0.920. The smallest absolute Gasteiger partial charge is 0.305 e. The van der Waals surface area contributed by atoms with Gasteiger partial charge in [0, 0.05) is 12.8 Å². The molecular formula is C50H97NO5. The van der Waals surface area contributed by atoms with Crippen LogP contribution in [0.4, 0.5) is 0 Å². The molecule has 6 nitrogen and oxygen atoms in total. The second kappa shape index (κ2) is 46.3. The molecule has 1 amide bonds. The van der Waals surface area contributed by atoms with Crippen LogP contribution in [-0.4, -0.2) is 47.4 Å². The number of carbonyl (C=O) groups is 2. The van der Waals surface area contributed by atoms with Crippen LogP contribution in [0.5, 0.6) is 0 Å². The molecule has 0 radical (unpaired) electrons. The van der Waals surface area contributed by atoms with Crippen LogP contribution < -0.4 is 5.32 Å². The molecule has 0 rings (SSSR count). The zero-order valence-electron chi connectivity index (χ0n) is 37.6. The van der Waals surface area contributed by atoms with Crippen molar-refractivity contribution in [3.05, 3.63) is 12.2 Å². The first-order valence-electron chi connectivity index (χ1n) is 25.0. The topological polar surface area (TPSA) is 95.9 Å². The highest BCUT2D eigenvalue weighted by Crippen LogP contribution is 2.16. The van der Waals surface area contributed by atoms with Gasteiger partial charge in [0.25, 0.3) is 0 Å². The molecule has 0 saturated heterocycles. The number of aliphatic hydroxyl groups excluding tert-OH is 2. The molecule has 0 spiro atoms. The van der Waals surface area contributed by atoms with Gasteiger partial charge in [-0.1, -0.05) is 238 Å². The van der Waals surface area contributed by atoms with E-state index in [-0.39, 0.29) is 18.5 Å². The molecule has 56 heavy (non-hydrogen) atoms. The van der Waals surface area contributed by atoms with Gasteiger partial charge in [0.1, 0.15) is 0 Å². The summed E-state index contributed by atoms with van der Waals surface area (Å²) in [5, 5.41) is 22.9. The second-order valence-corrected chi connectivity index (χ2v) is 17.2. The van der Waals surface area contributed by atoms with Gasteiger partial charge in [0.15, 0.2) is 0 Å². The summed E-state index contributed by atoms with van der Waals surface area (Å²) >= 11 is 0. The van der Waals surface area contributed by atoms with Crippen LogP contribution in [0.3, 0.4) is 0 Å². The Kier molecular flexibility index (Phi) is 45.1. The van der Waals surface area contributed by atoms with E-state index in [9.17, 15) is 19.8 Å². The third-order valence-electron chi connectivity index (χ3n) is 11.6. The van der Waals surface area contributed by atoms with Crippen LogP contribution in [-0.2, 0) is 14.3 Å². The molecule has 6 heteroatoms. The Morgan fingerprint density at radius 3 is 1.21 bits per heavy atom. The standard InChI is InChI=1S/C50H97NO5/c1-3-5-7-9-11-13-15-16-17-18-19-20-21-22-24-28-32-36-40-44-50(55)56-45-41-37-33-29-25-27-31-35-39-43-49(54)51-47(46-52)48(53)42-38-34-30-26-23-14-12-10-8-6-4-2/h38,42,47-48,52-53H,3-37,39-41,43-46H2,1-2H3,(H,51,54)/b42-38+. The van der Waals surface area contributed by atoms with Gasteiger partial charge < -0.3 is 20.3 Å².